The number of ether oxygens (including phenoxy) is 1. The molecule has 0 unspecified atom stereocenters. The molecule has 1 N–H and O–H groups in total. The quantitative estimate of drug-likeness (QED) is 0.598. The lowest BCUT2D eigenvalue weighted by Gasteiger charge is -2.35. The normalized spacial score (nSPS) is 18.1. The minimum Gasteiger partial charge on any atom is -0.466 e. The van der Waals surface area contributed by atoms with E-state index in [1.54, 1.807) is 31.2 Å². The van der Waals surface area contributed by atoms with Crippen molar-refractivity contribution in [2.24, 2.45) is 5.92 Å². The monoisotopic (exact) mass is 488 g/mol. The lowest BCUT2D eigenvalue weighted by atomic mass is 9.78. The molecule has 1 atom stereocenters. The SMILES string of the molecule is CCOC(=O)C[C@H](c1ccc(F)cc1)C1CCN(S(=O)(=O)c2ccc3c(c2)CCC(=O)N3)CC1. The number of carbonyl (C=O) groups is 2. The number of fused-ring (bicyclic) bond motifs is 1. The molecule has 0 radical (unpaired) electrons. The van der Waals surface area contributed by atoms with Gasteiger partial charge in [-0.05, 0) is 79.5 Å². The molecule has 7 nitrogen and oxygen atoms in total. The van der Waals surface area contributed by atoms with E-state index < -0.39 is 10.0 Å². The van der Waals surface area contributed by atoms with E-state index in [0.717, 1.165) is 11.1 Å². The van der Waals surface area contributed by atoms with Gasteiger partial charge in [0.25, 0.3) is 0 Å². The number of halogens is 1. The first-order valence-electron chi connectivity index (χ1n) is 11.6. The molecular formula is C25H29FN2O5S. The van der Waals surface area contributed by atoms with Gasteiger partial charge in [0, 0.05) is 25.2 Å². The summed E-state index contributed by atoms with van der Waals surface area (Å²) >= 11 is 0. The van der Waals surface area contributed by atoms with Crippen molar-refractivity contribution in [2.75, 3.05) is 25.0 Å². The molecule has 2 aromatic rings. The smallest absolute Gasteiger partial charge is 0.306 e. The second kappa shape index (κ2) is 10.2. The van der Waals surface area contributed by atoms with E-state index in [2.05, 4.69) is 5.32 Å². The fourth-order valence-electron chi connectivity index (χ4n) is 4.85. The van der Waals surface area contributed by atoms with Crippen molar-refractivity contribution in [1.82, 2.24) is 4.31 Å². The molecule has 34 heavy (non-hydrogen) atoms. The molecular weight excluding hydrogens is 459 g/mol. The number of nitrogens with zero attached hydrogens (tertiary/aromatic N) is 1. The van der Waals surface area contributed by atoms with Crippen LogP contribution in [0.3, 0.4) is 0 Å². The molecule has 0 spiro atoms. The molecule has 2 aliphatic heterocycles. The average molecular weight is 489 g/mol. The van der Waals surface area contributed by atoms with Gasteiger partial charge in [0.2, 0.25) is 15.9 Å². The maximum absolute atomic E-state index is 13.5. The Bertz CT molecular complexity index is 1160. The maximum Gasteiger partial charge on any atom is 0.306 e. The van der Waals surface area contributed by atoms with Crippen molar-refractivity contribution >= 4 is 27.6 Å². The molecule has 2 aliphatic rings. The summed E-state index contributed by atoms with van der Waals surface area (Å²) < 4.78 is 46.7. The molecule has 4 rings (SSSR count). The first kappa shape index (κ1) is 24.3. The minimum absolute atomic E-state index is 0.0660. The van der Waals surface area contributed by atoms with Gasteiger partial charge in [0.1, 0.15) is 5.82 Å². The summed E-state index contributed by atoms with van der Waals surface area (Å²) in [5.41, 5.74) is 2.34. The highest BCUT2D eigenvalue weighted by Crippen LogP contribution is 2.37. The zero-order valence-electron chi connectivity index (χ0n) is 19.1. The second-order valence-corrected chi connectivity index (χ2v) is 10.7. The predicted molar refractivity (Wildman–Crippen MR) is 125 cm³/mol. The van der Waals surface area contributed by atoms with Gasteiger partial charge in [-0.2, -0.15) is 4.31 Å². The van der Waals surface area contributed by atoms with Crippen LogP contribution in [0.5, 0.6) is 0 Å². The van der Waals surface area contributed by atoms with E-state index in [9.17, 15) is 22.4 Å². The highest BCUT2D eigenvalue weighted by atomic mass is 32.2. The lowest BCUT2D eigenvalue weighted by molar-refractivity contribution is -0.144. The number of hydrogen-bond acceptors (Lipinski definition) is 5. The Morgan fingerprint density at radius 2 is 1.85 bits per heavy atom. The molecule has 0 bridgehead atoms. The third kappa shape index (κ3) is 5.31. The van der Waals surface area contributed by atoms with E-state index in [1.165, 1.54) is 22.5 Å². The van der Waals surface area contributed by atoms with Crippen LogP contribution in [0, 0.1) is 11.7 Å². The number of anilines is 1. The average Bonchev–Trinajstić information content (AvgIpc) is 2.83. The lowest BCUT2D eigenvalue weighted by Crippen LogP contribution is -2.40. The summed E-state index contributed by atoms with van der Waals surface area (Å²) in [5.74, 6) is -0.821. The predicted octanol–water partition coefficient (Wildman–Crippen LogP) is 3.85. The Morgan fingerprint density at radius 3 is 2.53 bits per heavy atom. The number of carbonyl (C=O) groups excluding carboxylic acids is 2. The largest absolute Gasteiger partial charge is 0.466 e. The molecule has 1 amide bonds. The number of benzene rings is 2. The summed E-state index contributed by atoms with van der Waals surface area (Å²) in [4.78, 5) is 24.1. The van der Waals surface area contributed by atoms with E-state index >= 15 is 0 Å². The van der Waals surface area contributed by atoms with Gasteiger partial charge in [-0.25, -0.2) is 12.8 Å². The number of piperidine rings is 1. The molecule has 2 aromatic carbocycles. The van der Waals surface area contributed by atoms with Gasteiger partial charge in [0.05, 0.1) is 17.9 Å². The van der Waals surface area contributed by atoms with Crippen molar-refractivity contribution in [2.45, 2.75) is 49.8 Å². The molecule has 0 aliphatic carbocycles. The van der Waals surface area contributed by atoms with E-state index in [-0.39, 0.29) is 47.5 Å². The van der Waals surface area contributed by atoms with Gasteiger partial charge < -0.3 is 10.1 Å². The van der Waals surface area contributed by atoms with Crippen LogP contribution in [0.15, 0.2) is 47.4 Å². The number of nitrogens with one attached hydrogen (secondary N) is 1. The van der Waals surface area contributed by atoms with Crippen LogP contribution in [0.2, 0.25) is 0 Å². The minimum atomic E-state index is -3.68. The van der Waals surface area contributed by atoms with Crippen molar-refractivity contribution < 1.29 is 27.1 Å². The standard InChI is InChI=1S/C25H29FN2O5S/c1-2-33-25(30)16-22(17-3-6-20(26)7-4-17)18-11-13-28(14-12-18)34(31,32)21-8-9-23-19(15-21)5-10-24(29)27-23/h3-4,6-9,15,18,22H,2,5,10-14,16H2,1H3,(H,27,29)/t22-/m1/s1. The molecule has 2 heterocycles. The fourth-order valence-corrected chi connectivity index (χ4v) is 6.37. The van der Waals surface area contributed by atoms with Crippen LogP contribution < -0.4 is 5.32 Å². The summed E-state index contributed by atoms with van der Waals surface area (Å²) in [6.45, 7) is 2.71. The number of aryl methyl sites for hydroxylation is 1. The first-order chi connectivity index (χ1) is 16.3. The summed E-state index contributed by atoms with van der Waals surface area (Å²) in [6, 6.07) is 11.0. The van der Waals surface area contributed by atoms with Crippen LogP contribution in [0.1, 0.15) is 49.7 Å². The fraction of sp³-hybridized carbons (Fsp3) is 0.440. The van der Waals surface area contributed by atoms with Crippen molar-refractivity contribution in [3.8, 4) is 0 Å². The number of esters is 1. The first-order valence-corrected chi connectivity index (χ1v) is 13.1. The second-order valence-electron chi connectivity index (χ2n) is 8.78. The summed E-state index contributed by atoms with van der Waals surface area (Å²) in [5, 5.41) is 2.77. The highest BCUT2D eigenvalue weighted by Gasteiger charge is 2.34. The number of rotatable bonds is 7. The Labute approximate surface area is 199 Å². The van der Waals surface area contributed by atoms with Crippen LogP contribution in [-0.4, -0.2) is 44.3 Å². The number of sulfonamides is 1. The van der Waals surface area contributed by atoms with Crippen LogP contribution in [0.4, 0.5) is 10.1 Å². The van der Waals surface area contributed by atoms with Crippen LogP contribution in [-0.2, 0) is 30.8 Å². The molecule has 1 saturated heterocycles. The third-order valence-electron chi connectivity index (χ3n) is 6.67. The molecule has 182 valence electrons. The van der Waals surface area contributed by atoms with E-state index in [4.69, 9.17) is 4.74 Å². The Hall–Kier alpha value is -2.78. The zero-order valence-corrected chi connectivity index (χ0v) is 19.9. The molecule has 0 saturated carbocycles. The Balaban J connectivity index is 1.48. The third-order valence-corrected chi connectivity index (χ3v) is 8.56. The zero-order chi connectivity index (χ0) is 24.3. The highest BCUT2D eigenvalue weighted by molar-refractivity contribution is 7.89. The molecule has 9 heteroatoms. The van der Waals surface area contributed by atoms with Crippen LogP contribution in [0.25, 0.3) is 0 Å². The van der Waals surface area contributed by atoms with Crippen molar-refractivity contribution in [1.29, 1.82) is 0 Å². The summed E-state index contributed by atoms with van der Waals surface area (Å²) in [6.07, 6.45) is 2.20. The molecule has 1 fully saturated rings. The van der Waals surface area contributed by atoms with Gasteiger partial charge in [-0.3, -0.25) is 9.59 Å². The summed E-state index contributed by atoms with van der Waals surface area (Å²) in [7, 11) is -3.68. The topological polar surface area (TPSA) is 92.8 Å². The van der Waals surface area contributed by atoms with Crippen molar-refractivity contribution in [3.63, 3.8) is 0 Å². The Morgan fingerprint density at radius 1 is 1.15 bits per heavy atom. The molecule has 0 aromatic heterocycles. The maximum atomic E-state index is 13.5. The number of hydrogen-bond donors (Lipinski definition) is 1. The van der Waals surface area contributed by atoms with Crippen LogP contribution >= 0.6 is 0 Å². The van der Waals surface area contributed by atoms with Crippen molar-refractivity contribution in [3.05, 3.63) is 59.4 Å². The number of amides is 1. The van der Waals surface area contributed by atoms with Gasteiger partial charge in [-0.15, -0.1) is 0 Å². The van der Waals surface area contributed by atoms with E-state index in [1.807, 2.05) is 0 Å². The van der Waals surface area contributed by atoms with Gasteiger partial charge >= 0.3 is 5.97 Å². The Kier molecular flexibility index (Phi) is 7.33. The van der Waals surface area contributed by atoms with Gasteiger partial charge in [0.15, 0.2) is 0 Å². The van der Waals surface area contributed by atoms with Gasteiger partial charge in [-0.1, -0.05) is 12.1 Å². The van der Waals surface area contributed by atoms with E-state index in [0.29, 0.717) is 44.5 Å².